The highest BCUT2D eigenvalue weighted by Crippen LogP contribution is 2.25. The number of benzene rings is 3. The Kier molecular flexibility index (Phi) is 7.32. The van der Waals surface area contributed by atoms with Crippen LogP contribution in [0.5, 0.6) is 5.75 Å². The van der Waals surface area contributed by atoms with Crippen LogP contribution in [-0.2, 0) is 16.0 Å². The van der Waals surface area contributed by atoms with Crippen molar-refractivity contribution in [3.05, 3.63) is 77.7 Å². The Morgan fingerprint density at radius 3 is 2.58 bits per heavy atom. The normalized spacial score (nSPS) is 10.7. The predicted molar refractivity (Wildman–Crippen MR) is 133 cm³/mol. The Balaban J connectivity index is 1.27. The summed E-state index contributed by atoms with van der Waals surface area (Å²) in [6, 6.07) is 22.0. The monoisotopic (exact) mass is 459 g/mol. The summed E-state index contributed by atoms with van der Waals surface area (Å²) >= 11 is 1.38. The van der Waals surface area contributed by atoms with Crippen molar-refractivity contribution in [2.45, 2.75) is 19.8 Å². The Morgan fingerprint density at radius 2 is 1.79 bits per heavy atom. The van der Waals surface area contributed by atoms with Gasteiger partial charge in [0.2, 0.25) is 5.91 Å². The Hall–Kier alpha value is -3.71. The predicted octanol–water partition coefficient (Wildman–Crippen LogP) is 5.05. The number of thiazole rings is 1. The van der Waals surface area contributed by atoms with E-state index < -0.39 is 0 Å². The highest BCUT2D eigenvalue weighted by Gasteiger charge is 2.09. The minimum atomic E-state index is -0.251. The van der Waals surface area contributed by atoms with Crippen LogP contribution in [0.1, 0.15) is 18.9 Å². The molecule has 1 aromatic heterocycles. The maximum absolute atomic E-state index is 12.3. The summed E-state index contributed by atoms with van der Waals surface area (Å²) < 4.78 is 5.65. The Morgan fingerprint density at radius 1 is 1.00 bits per heavy atom. The molecule has 4 rings (SSSR count). The molecule has 0 aliphatic carbocycles. The number of nitrogens with one attached hydrogen (secondary N) is 2. The molecule has 0 spiro atoms. The minimum Gasteiger partial charge on any atom is -0.484 e. The number of rotatable bonds is 9. The molecule has 7 heteroatoms. The van der Waals surface area contributed by atoms with Crippen molar-refractivity contribution in [3.8, 4) is 17.0 Å². The van der Waals surface area contributed by atoms with Crippen LogP contribution in [0.25, 0.3) is 22.0 Å². The van der Waals surface area contributed by atoms with Gasteiger partial charge in [-0.25, -0.2) is 4.98 Å². The van der Waals surface area contributed by atoms with E-state index in [4.69, 9.17) is 4.74 Å². The number of aromatic nitrogens is 1. The van der Waals surface area contributed by atoms with Gasteiger partial charge in [-0.3, -0.25) is 14.9 Å². The second-order valence-electron chi connectivity index (χ2n) is 7.67. The van der Waals surface area contributed by atoms with Crippen molar-refractivity contribution >= 4 is 39.1 Å². The van der Waals surface area contributed by atoms with Crippen LogP contribution in [0.4, 0.5) is 5.13 Å². The van der Waals surface area contributed by atoms with Crippen LogP contribution in [0.2, 0.25) is 0 Å². The number of ether oxygens (including phenoxy) is 1. The molecule has 0 radical (unpaired) electrons. The molecule has 2 N–H and O–H groups in total. The third-order valence-electron chi connectivity index (χ3n) is 5.11. The fourth-order valence-electron chi connectivity index (χ4n) is 3.42. The third kappa shape index (κ3) is 6.40. The van der Waals surface area contributed by atoms with E-state index in [1.165, 1.54) is 23.8 Å². The molecule has 6 nitrogen and oxygen atoms in total. The highest BCUT2D eigenvalue weighted by atomic mass is 32.1. The van der Waals surface area contributed by atoms with Gasteiger partial charge >= 0.3 is 0 Å². The second-order valence-corrected chi connectivity index (χ2v) is 8.53. The molecule has 0 atom stereocenters. The van der Waals surface area contributed by atoms with Crippen LogP contribution in [0.15, 0.2) is 72.1 Å². The largest absolute Gasteiger partial charge is 0.484 e. The molecule has 2 amide bonds. The summed E-state index contributed by atoms with van der Waals surface area (Å²) in [5.74, 6) is 0.399. The van der Waals surface area contributed by atoms with Gasteiger partial charge in [0.05, 0.1) is 5.69 Å². The minimum absolute atomic E-state index is 0.00276. The smallest absolute Gasteiger partial charge is 0.264 e. The molecule has 4 aromatic rings. The zero-order valence-corrected chi connectivity index (χ0v) is 19.2. The van der Waals surface area contributed by atoms with Crippen molar-refractivity contribution in [1.29, 1.82) is 0 Å². The molecule has 0 saturated carbocycles. The van der Waals surface area contributed by atoms with Crippen molar-refractivity contribution in [3.63, 3.8) is 0 Å². The van der Waals surface area contributed by atoms with Gasteiger partial charge in [-0.15, -0.1) is 11.3 Å². The van der Waals surface area contributed by atoms with E-state index in [9.17, 15) is 9.59 Å². The van der Waals surface area contributed by atoms with E-state index in [0.29, 0.717) is 17.4 Å². The van der Waals surface area contributed by atoms with Gasteiger partial charge in [0.1, 0.15) is 5.75 Å². The summed E-state index contributed by atoms with van der Waals surface area (Å²) in [5.41, 5.74) is 3.01. The molecule has 3 aromatic carbocycles. The Bertz CT molecular complexity index is 1250. The van der Waals surface area contributed by atoms with Gasteiger partial charge in [0.15, 0.2) is 11.7 Å². The van der Waals surface area contributed by atoms with E-state index in [-0.39, 0.29) is 18.4 Å². The van der Waals surface area contributed by atoms with Crippen molar-refractivity contribution in [2.24, 2.45) is 0 Å². The number of nitrogens with zero attached hydrogens (tertiary/aromatic N) is 1. The first-order valence-electron chi connectivity index (χ1n) is 10.8. The first kappa shape index (κ1) is 22.5. The molecular formula is C26H25N3O3S. The maximum Gasteiger partial charge on any atom is 0.264 e. The number of carbonyl (C=O) groups excluding carboxylic acids is 2. The summed E-state index contributed by atoms with van der Waals surface area (Å²) in [6.07, 6.45) is 1.79. The summed E-state index contributed by atoms with van der Waals surface area (Å²) in [4.78, 5) is 27.8. The lowest BCUT2D eigenvalue weighted by Crippen LogP contribution is -2.21. The molecule has 168 valence electrons. The summed E-state index contributed by atoms with van der Waals surface area (Å²) in [5, 5.41) is 10.3. The van der Waals surface area contributed by atoms with E-state index in [1.54, 1.807) is 0 Å². The van der Waals surface area contributed by atoms with Crippen LogP contribution < -0.4 is 15.4 Å². The lowest BCUT2D eigenvalue weighted by Gasteiger charge is -2.07. The lowest BCUT2D eigenvalue weighted by molar-refractivity contribution is -0.119. The number of amides is 2. The number of carbonyl (C=O) groups is 2. The van der Waals surface area contributed by atoms with Gasteiger partial charge in [-0.05, 0) is 41.3 Å². The van der Waals surface area contributed by atoms with Crippen LogP contribution >= 0.6 is 11.3 Å². The SMILES string of the molecule is CC(=O)NCCCc1ccc(-c2csc(NC(=O)COc3ccc4ccccc4c3)n2)cc1. The van der Waals surface area contributed by atoms with Crippen LogP contribution in [0.3, 0.4) is 0 Å². The molecule has 0 bridgehead atoms. The fraction of sp³-hybridized carbons (Fsp3) is 0.192. The molecule has 1 heterocycles. The van der Waals surface area contributed by atoms with E-state index in [2.05, 4.69) is 27.8 Å². The molecule has 0 unspecified atom stereocenters. The Labute approximate surface area is 196 Å². The molecule has 0 aliphatic heterocycles. The molecule has 0 aliphatic rings. The standard InChI is InChI=1S/C26H25N3O3S/c1-18(30)27-14-4-5-19-8-10-21(11-9-19)24-17-33-26(28-24)29-25(31)16-32-23-13-12-20-6-2-3-7-22(20)15-23/h2-3,6-13,15,17H,4-5,14,16H2,1H3,(H,27,30)(H,28,29,31). The quantitative estimate of drug-likeness (QED) is 0.343. The summed E-state index contributed by atoms with van der Waals surface area (Å²) in [7, 11) is 0. The zero-order chi connectivity index (χ0) is 23.0. The van der Waals surface area contributed by atoms with Gasteiger partial charge in [-0.2, -0.15) is 0 Å². The highest BCUT2D eigenvalue weighted by molar-refractivity contribution is 7.14. The first-order valence-corrected chi connectivity index (χ1v) is 11.7. The second kappa shape index (κ2) is 10.7. The number of anilines is 1. The summed E-state index contributed by atoms with van der Waals surface area (Å²) in [6.45, 7) is 2.12. The van der Waals surface area contributed by atoms with Gasteiger partial charge in [0.25, 0.3) is 5.91 Å². The zero-order valence-electron chi connectivity index (χ0n) is 18.3. The van der Waals surface area contributed by atoms with Crippen molar-refractivity contribution in [2.75, 3.05) is 18.5 Å². The molecule has 0 fully saturated rings. The first-order chi connectivity index (χ1) is 16.1. The lowest BCUT2D eigenvalue weighted by atomic mass is 10.1. The van der Waals surface area contributed by atoms with Gasteiger partial charge in [-0.1, -0.05) is 54.6 Å². The number of fused-ring (bicyclic) bond motifs is 1. The van der Waals surface area contributed by atoms with Crippen molar-refractivity contribution < 1.29 is 14.3 Å². The molecular weight excluding hydrogens is 434 g/mol. The van der Waals surface area contributed by atoms with Gasteiger partial charge in [0, 0.05) is 24.4 Å². The number of hydrogen-bond acceptors (Lipinski definition) is 5. The van der Waals surface area contributed by atoms with Crippen molar-refractivity contribution in [1.82, 2.24) is 10.3 Å². The van der Waals surface area contributed by atoms with Crippen LogP contribution in [0, 0.1) is 0 Å². The van der Waals surface area contributed by atoms with E-state index in [0.717, 1.165) is 34.9 Å². The van der Waals surface area contributed by atoms with E-state index >= 15 is 0 Å². The number of hydrogen-bond donors (Lipinski definition) is 2. The van der Waals surface area contributed by atoms with Crippen LogP contribution in [-0.4, -0.2) is 29.9 Å². The average molecular weight is 460 g/mol. The molecule has 33 heavy (non-hydrogen) atoms. The van der Waals surface area contributed by atoms with Gasteiger partial charge < -0.3 is 10.1 Å². The average Bonchev–Trinajstić information content (AvgIpc) is 3.29. The van der Waals surface area contributed by atoms with E-state index in [1.807, 2.05) is 60.0 Å². The topological polar surface area (TPSA) is 80.3 Å². The number of aryl methyl sites for hydroxylation is 1. The molecule has 0 saturated heterocycles. The third-order valence-corrected chi connectivity index (χ3v) is 5.86. The maximum atomic E-state index is 12.3. The fourth-order valence-corrected chi connectivity index (χ4v) is 4.16.